The van der Waals surface area contributed by atoms with Crippen molar-refractivity contribution in [3.05, 3.63) is 35.6 Å². The van der Waals surface area contributed by atoms with Crippen LogP contribution in [0.2, 0.25) is 0 Å². The molecule has 84 valence electrons. The Bertz CT molecular complexity index is 451. The van der Waals surface area contributed by atoms with E-state index >= 15 is 0 Å². The molecule has 0 spiro atoms. The summed E-state index contributed by atoms with van der Waals surface area (Å²) < 4.78 is 43.2. The maximum Gasteiger partial charge on any atom is 0.265 e. The predicted octanol–water partition coefficient (Wildman–Crippen LogP) is 1.99. The fourth-order valence-electron chi connectivity index (χ4n) is 1.45. The van der Waals surface area contributed by atoms with Crippen LogP contribution in [0.5, 0.6) is 0 Å². The molecule has 15 heavy (non-hydrogen) atoms. The summed E-state index contributed by atoms with van der Waals surface area (Å²) in [4.78, 5) is 0. The van der Waals surface area contributed by atoms with Gasteiger partial charge in [-0.25, -0.2) is 4.39 Å². The Kier molecular flexibility index (Phi) is 3.16. The normalized spacial score (nSPS) is 12.8. The molecule has 3 nitrogen and oxygen atoms in total. The summed E-state index contributed by atoms with van der Waals surface area (Å²) in [7, 11) is -4.07. The molecule has 0 radical (unpaired) electrons. The van der Waals surface area contributed by atoms with E-state index in [1.165, 1.54) is 18.2 Å². The average Bonchev–Trinajstić information content (AvgIpc) is 1.99. The van der Waals surface area contributed by atoms with Crippen molar-refractivity contribution < 1.29 is 17.4 Å². The highest BCUT2D eigenvalue weighted by Gasteiger charge is 2.27. The van der Waals surface area contributed by atoms with Gasteiger partial charge >= 0.3 is 0 Å². The molecule has 0 aliphatic heterocycles. The molecule has 0 fully saturated rings. The largest absolute Gasteiger partial charge is 0.286 e. The highest BCUT2D eigenvalue weighted by molar-refractivity contribution is 7.85. The standard InChI is InChI=1S/C10H13FO3S/c1-10(2,7-15(12,13)14)8-4-3-5-9(11)6-8/h3-6H,7H2,1-2H3,(H,12,13,14). The van der Waals surface area contributed by atoms with Crippen molar-refractivity contribution in [2.45, 2.75) is 19.3 Å². The van der Waals surface area contributed by atoms with Gasteiger partial charge in [0.05, 0.1) is 5.75 Å². The molecule has 0 aromatic heterocycles. The molecular weight excluding hydrogens is 219 g/mol. The van der Waals surface area contributed by atoms with E-state index in [0.717, 1.165) is 0 Å². The topological polar surface area (TPSA) is 54.4 Å². The van der Waals surface area contributed by atoms with Crippen LogP contribution in [0.4, 0.5) is 4.39 Å². The van der Waals surface area contributed by atoms with Crippen LogP contribution in [0.1, 0.15) is 19.4 Å². The summed E-state index contributed by atoms with van der Waals surface area (Å²) in [5.41, 5.74) is -0.268. The molecule has 1 aromatic carbocycles. The SMILES string of the molecule is CC(C)(CS(=O)(=O)O)c1cccc(F)c1. The van der Waals surface area contributed by atoms with Crippen molar-refractivity contribution in [3.8, 4) is 0 Å². The number of halogens is 1. The second-order valence-electron chi connectivity index (χ2n) is 4.12. The number of benzene rings is 1. The van der Waals surface area contributed by atoms with Gasteiger partial charge in [0.2, 0.25) is 0 Å². The summed E-state index contributed by atoms with van der Waals surface area (Å²) in [5, 5.41) is 0. The van der Waals surface area contributed by atoms with Crippen LogP contribution >= 0.6 is 0 Å². The fourth-order valence-corrected chi connectivity index (χ4v) is 2.53. The maximum absolute atomic E-state index is 12.9. The third kappa shape index (κ3) is 3.60. The van der Waals surface area contributed by atoms with Crippen LogP contribution in [0.25, 0.3) is 0 Å². The minimum atomic E-state index is -4.07. The Hall–Kier alpha value is -0.940. The van der Waals surface area contributed by atoms with Gasteiger partial charge in [-0.3, -0.25) is 4.55 Å². The van der Waals surface area contributed by atoms with Crippen LogP contribution in [-0.2, 0) is 15.5 Å². The molecular formula is C10H13FO3S. The van der Waals surface area contributed by atoms with Gasteiger partial charge in [0.1, 0.15) is 5.82 Å². The maximum atomic E-state index is 12.9. The zero-order valence-electron chi connectivity index (χ0n) is 8.57. The van der Waals surface area contributed by atoms with E-state index in [9.17, 15) is 12.8 Å². The summed E-state index contributed by atoms with van der Waals surface area (Å²) in [6.07, 6.45) is 0. The summed E-state index contributed by atoms with van der Waals surface area (Å²) in [6, 6.07) is 5.70. The molecule has 0 aliphatic rings. The van der Waals surface area contributed by atoms with Crippen LogP contribution in [0.15, 0.2) is 24.3 Å². The summed E-state index contributed by atoms with van der Waals surface area (Å²) in [5.74, 6) is -0.848. The first-order chi connectivity index (χ1) is 6.71. The number of hydrogen-bond donors (Lipinski definition) is 1. The van der Waals surface area contributed by atoms with E-state index in [2.05, 4.69) is 0 Å². The molecule has 0 saturated carbocycles. The molecule has 0 saturated heterocycles. The van der Waals surface area contributed by atoms with Crippen LogP contribution < -0.4 is 0 Å². The van der Waals surface area contributed by atoms with Crippen LogP contribution in [0, 0.1) is 5.82 Å². The minimum absolute atomic E-state index is 0.420. The molecule has 0 atom stereocenters. The van der Waals surface area contributed by atoms with Crippen LogP contribution in [-0.4, -0.2) is 18.7 Å². The number of hydrogen-bond acceptors (Lipinski definition) is 2. The Morgan fingerprint density at radius 2 is 2.00 bits per heavy atom. The molecule has 5 heteroatoms. The zero-order chi connectivity index (χ0) is 11.7. The lowest BCUT2D eigenvalue weighted by atomic mass is 9.87. The van der Waals surface area contributed by atoms with Crippen molar-refractivity contribution in [1.82, 2.24) is 0 Å². The molecule has 0 unspecified atom stereocenters. The predicted molar refractivity (Wildman–Crippen MR) is 55.8 cm³/mol. The molecule has 1 aromatic rings. The fraction of sp³-hybridized carbons (Fsp3) is 0.400. The second kappa shape index (κ2) is 3.90. The van der Waals surface area contributed by atoms with E-state index in [0.29, 0.717) is 5.56 Å². The van der Waals surface area contributed by atoms with Gasteiger partial charge in [-0.1, -0.05) is 26.0 Å². The summed E-state index contributed by atoms with van der Waals surface area (Å²) in [6.45, 7) is 3.27. The summed E-state index contributed by atoms with van der Waals surface area (Å²) >= 11 is 0. The lowest BCUT2D eigenvalue weighted by molar-refractivity contribution is 0.459. The Balaban J connectivity index is 3.06. The highest BCUT2D eigenvalue weighted by Crippen LogP contribution is 2.25. The first kappa shape index (κ1) is 12.1. The quantitative estimate of drug-likeness (QED) is 0.811. The van der Waals surface area contributed by atoms with Gasteiger partial charge < -0.3 is 0 Å². The van der Waals surface area contributed by atoms with Crippen molar-refractivity contribution >= 4 is 10.1 Å². The third-order valence-corrected chi connectivity index (χ3v) is 3.24. The van der Waals surface area contributed by atoms with E-state index in [1.807, 2.05) is 0 Å². The average molecular weight is 232 g/mol. The Morgan fingerprint density at radius 3 is 2.47 bits per heavy atom. The Labute approximate surface area is 88.7 Å². The first-order valence-electron chi connectivity index (χ1n) is 4.42. The molecule has 1 N–H and O–H groups in total. The monoisotopic (exact) mass is 232 g/mol. The van der Waals surface area contributed by atoms with Crippen molar-refractivity contribution in [3.63, 3.8) is 0 Å². The molecule has 0 bridgehead atoms. The zero-order valence-corrected chi connectivity index (χ0v) is 9.38. The lowest BCUT2D eigenvalue weighted by Crippen LogP contribution is -2.28. The molecule has 0 aliphatic carbocycles. The van der Waals surface area contributed by atoms with Crippen molar-refractivity contribution in [2.24, 2.45) is 0 Å². The second-order valence-corrected chi connectivity index (χ2v) is 5.57. The highest BCUT2D eigenvalue weighted by atomic mass is 32.2. The molecule has 0 heterocycles. The van der Waals surface area contributed by atoms with Crippen molar-refractivity contribution in [1.29, 1.82) is 0 Å². The third-order valence-electron chi connectivity index (χ3n) is 2.15. The smallest absolute Gasteiger partial charge is 0.265 e. The first-order valence-corrected chi connectivity index (χ1v) is 6.03. The molecule has 1 rings (SSSR count). The van der Waals surface area contributed by atoms with Gasteiger partial charge in [0.15, 0.2) is 0 Å². The van der Waals surface area contributed by atoms with E-state index in [4.69, 9.17) is 4.55 Å². The van der Waals surface area contributed by atoms with E-state index in [-0.39, 0.29) is 0 Å². The van der Waals surface area contributed by atoms with Gasteiger partial charge in [-0.2, -0.15) is 8.42 Å². The van der Waals surface area contributed by atoms with E-state index in [1.54, 1.807) is 19.9 Å². The lowest BCUT2D eigenvalue weighted by Gasteiger charge is -2.23. The van der Waals surface area contributed by atoms with E-state index < -0.39 is 27.1 Å². The minimum Gasteiger partial charge on any atom is -0.286 e. The Morgan fingerprint density at radius 1 is 1.40 bits per heavy atom. The van der Waals surface area contributed by atoms with Crippen LogP contribution in [0.3, 0.4) is 0 Å². The molecule has 0 amide bonds. The van der Waals surface area contributed by atoms with Gasteiger partial charge in [-0.05, 0) is 17.7 Å². The van der Waals surface area contributed by atoms with Gasteiger partial charge in [0.25, 0.3) is 10.1 Å². The van der Waals surface area contributed by atoms with Gasteiger partial charge in [0, 0.05) is 5.41 Å². The number of rotatable bonds is 3. The van der Waals surface area contributed by atoms with Gasteiger partial charge in [-0.15, -0.1) is 0 Å². The van der Waals surface area contributed by atoms with Crippen molar-refractivity contribution in [2.75, 3.05) is 5.75 Å².